The Morgan fingerprint density at radius 2 is 1.79 bits per heavy atom. The maximum Gasteiger partial charge on any atom is 0.416 e. The second-order valence-electron chi connectivity index (χ2n) is 7.87. The molecular formula is C24H20ClF4N3S. The van der Waals surface area contributed by atoms with Gasteiger partial charge in [-0.2, -0.15) is 13.2 Å². The Morgan fingerprint density at radius 1 is 1.06 bits per heavy atom. The fourth-order valence-electron chi connectivity index (χ4n) is 3.78. The third kappa shape index (κ3) is 5.33. The van der Waals surface area contributed by atoms with Gasteiger partial charge < -0.3 is 5.32 Å². The van der Waals surface area contributed by atoms with Gasteiger partial charge in [-0.3, -0.25) is 9.98 Å². The summed E-state index contributed by atoms with van der Waals surface area (Å²) < 4.78 is 55.5. The average molecular weight is 494 g/mol. The fraction of sp³-hybridized carbons (Fsp3) is 0.250. The summed E-state index contributed by atoms with van der Waals surface area (Å²) in [5.41, 5.74) is -1.07. The van der Waals surface area contributed by atoms with Crippen LogP contribution in [-0.2, 0) is 18.1 Å². The zero-order valence-corrected chi connectivity index (χ0v) is 19.1. The molecular weight excluding hydrogens is 474 g/mol. The zero-order chi connectivity index (χ0) is 23.6. The van der Waals surface area contributed by atoms with Gasteiger partial charge in [-0.05, 0) is 48.4 Å². The summed E-state index contributed by atoms with van der Waals surface area (Å²) in [6.07, 6.45) is -3.08. The lowest BCUT2D eigenvalue weighted by atomic mass is 9.80. The van der Waals surface area contributed by atoms with E-state index in [1.807, 2.05) is 37.3 Å². The van der Waals surface area contributed by atoms with E-state index < -0.39 is 23.1 Å². The van der Waals surface area contributed by atoms with Crippen LogP contribution in [0.4, 0.5) is 17.6 Å². The predicted molar refractivity (Wildman–Crippen MR) is 124 cm³/mol. The van der Waals surface area contributed by atoms with Gasteiger partial charge in [0.1, 0.15) is 11.4 Å². The quantitative estimate of drug-likeness (QED) is 0.414. The number of amidine groups is 1. The largest absolute Gasteiger partial charge is 0.416 e. The van der Waals surface area contributed by atoms with Gasteiger partial charge in [0.2, 0.25) is 0 Å². The van der Waals surface area contributed by atoms with E-state index in [9.17, 15) is 17.6 Å². The second-order valence-corrected chi connectivity index (χ2v) is 9.32. The van der Waals surface area contributed by atoms with E-state index in [0.717, 1.165) is 23.4 Å². The van der Waals surface area contributed by atoms with Crippen LogP contribution in [0.2, 0.25) is 5.02 Å². The van der Waals surface area contributed by atoms with Gasteiger partial charge in [-0.1, -0.05) is 53.7 Å². The van der Waals surface area contributed by atoms with Crippen LogP contribution in [0.3, 0.4) is 0 Å². The van der Waals surface area contributed by atoms with Crippen molar-refractivity contribution in [3.8, 4) is 0 Å². The van der Waals surface area contributed by atoms with Gasteiger partial charge >= 0.3 is 6.18 Å². The molecule has 0 spiro atoms. The van der Waals surface area contributed by atoms with Crippen molar-refractivity contribution in [3.63, 3.8) is 0 Å². The molecule has 0 bridgehead atoms. The van der Waals surface area contributed by atoms with Crippen molar-refractivity contribution >= 4 is 28.5 Å². The van der Waals surface area contributed by atoms with E-state index in [2.05, 4.69) is 15.3 Å². The van der Waals surface area contributed by atoms with E-state index in [1.54, 1.807) is 12.1 Å². The molecule has 33 heavy (non-hydrogen) atoms. The number of hydrogen-bond donors (Lipinski definition) is 1. The molecule has 1 aliphatic rings. The lowest BCUT2D eigenvalue weighted by Gasteiger charge is -2.36. The second kappa shape index (κ2) is 9.35. The number of thioether (sulfide) groups is 1. The molecule has 0 fully saturated rings. The first kappa shape index (κ1) is 23.6. The molecule has 0 amide bonds. The maximum atomic E-state index is 14.6. The van der Waals surface area contributed by atoms with Crippen LogP contribution < -0.4 is 5.32 Å². The molecule has 4 rings (SSSR count). The number of pyridine rings is 1. The normalized spacial score (nSPS) is 18.0. The molecule has 2 atom stereocenters. The predicted octanol–water partition coefficient (Wildman–Crippen LogP) is 6.46. The first-order valence-corrected chi connectivity index (χ1v) is 11.5. The smallest absolute Gasteiger partial charge is 0.350 e. The Kier molecular flexibility index (Phi) is 6.68. The number of hydrogen-bond acceptors (Lipinski definition) is 4. The van der Waals surface area contributed by atoms with Crippen molar-refractivity contribution in [2.45, 2.75) is 31.1 Å². The van der Waals surface area contributed by atoms with Gasteiger partial charge in [0.15, 0.2) is 5.17 Å². The van der Waals surface area contributed by atoms with Crippen LogP contribution in [0.15, 0.2) is 71.9 Å². The van der Waals surface area contributed by atoms with Crippen molar-refractivity contribution < 1.29 is 17.6 Å². The standard InChI is InChI=1S/C24H20ClF4N3S/c1-15-14-33-22(31-15)32-23(12-16-5-3-2-4-6-16,21-8-7-19(25)13-30-21)17-9-18(24(27,28)29)11-20(26)10-17/h2-11,13,15H,12,14H2,1H3,(H,31,32). The highest BCUT2D eigenvalue weighted by Gasteiger charge is 2.41. The third-order valence-corrected chi connectivity index (χ3v) is 6.67. The van der Waals surface area contributed by atoms with Crippen LogP contribution >= 0.6 is 23.4 Å². The SMILES string of the molecule is CC1CSC(NC(Cc2ccccc2)(c2cc(F)cc(C(F)(F)F)c2)c2ccc(Cl)cn2)=N1. The molecule has 0 saturated carbocycles. The number of rotatable bonds is 5. The molecule has 0 aliphatic carbocycles. The molecule has 0 radical (unpaired) electrons. The van der Waals surface area contributed by atoms with Gasteiger partial charge in [-0.15, -0.1) is 0 Å². The molecule has 0 saturated heterocycles. The minimum absolute atomic E-state index is 0.0448. The van der Waals surface area contributed by atoms with Crippen LogP contribution in [0.5, 0.6) is 0 Å². The van der Waals surface area contributed by atoms with Gasteiger partial charge in [0.25, 0.3) is 0 Å². The first-order chi connectivity index (χ1) is 15.7. The highest BCUT2D eigenvalue weighted by molar-refractivity contribution is 8.14. The van der Waals surface area contributed by atoms with Crippen molar-refractivity contribution in [2.24, 2.45) is 4.99 Å². The van der Waals surface area contributed by atoms with Crippen LogP contribution in [0.25, 0.3) is 0 Å². The molecule has 2 aromatic carbocycles. The van der Waals surface area contributed by atoms with Gasteiger partial charge in [0.05, 0.1) is 22.3 Å². The molecule has 1 aromatic heterocycles. The number of aromatic nitrogens is 1. The van der Waals surface area contributed by atoms with Crippen molar-refractivity contribution in [2.75, 3.05) is 5.75 Å². The number of aliphatic imine (C=N–C) groups is 1. The zero-order valence-electron chi connectivity index (χ0n) is 17.5. The third-order valence-electron chi connectivity index (χ3n) is 5.31. The summed E-state index contributed by atoms with van der Waals surface area (Å²) in [6, 6.07) is 15.1. The Hall–Kier alpha value is -2.58. The summed E-state index contributed by atoms with van der Waals surface area (Å²) in [4.78, 5) is 9.02. The van der Waals surface area contributed by atoms with Crippen molar-refractivity contribution in [3.05, 3.63) is 100 Å². The average Bonchev–Trinajstić information content (AvgIpc) is 3.18. The van der Waals surface area contributed by atoms with E-state index in [-0.39, 0.29) is 18.0 Å². The summed E-state index contributed by atoms with van der Waals surface area (Å²) >= 11 is 7.51. The van der Waals surface area contributed by atoms with Gasteiger partial charge in [-0.25, -0.2) is 4.39 Å². The van der Waals surface area contributed by atoms with Crippen molar-refractivity contribution in [1.82, 2.24) is 10.3 Å². The molecule has 172 valence electrons. The highest BCUT2D eigenvalue weighted by Crippen LogP contribution is 2.38. The monoisotopic (exact) mass is 493 g/mol. The molecule has 2 unspecified atom stereocenters. The lowest BCUT2D eigenvalue weighted by molar-refractivity contribution is -0.137. The summed E-state index contributed by atoms with van der Waals surface area (Å²) in [7, 11) is 0. The van der Waals surface area contributed by atoms with Crippen LogP contribution in [-0.4, -0.2) is 21.9 Å². The van der Waals surface area contributed by atoms with Crippen LogP contribution in [0, 0.1) is 5.82 Å². The summed E-state index contributed by atoms with van der Waals surface area (Å²) in [5.74, 6) is -0.253. The molecule has 1 aliphatic heterocycles. The highest BCUT2D eigenvalue weighted by atomic mass is 35.5. The number of halogens is 5. The Balaban J connectivity index is 1.97. The molecule has 3 nitrogen and oxygen atoms in total. The Labute approximate surface area is 198 Å². The molecule has 9 heteroatoms. The van der Waals surface area contributed by atoms with Crippen molar-refractivity contribution in [1.29, 1.82) is 0 Å². The van der Waals surface area contributed by atoms with Gasteiger partial charge in [0, 0.05) is 18.4 Å². The van der Waals surface area contributed by atoms with E-state index >= 15 is 0 Å². The molecule has 3 aromatic rings. The molecule has 1 N–H and O–H groups in total. The fourth-order valence-corrected chi connectivity index (χ4v) is 4.86. The first-order valence-electron chi connectivity index (χ1n) is 10.2. The minimum Gasteiger partial charge on any atom is -0.350 e. The van der Waals surface area contributed by atoms with E-state index in [4.69, 9.17) is 11.6 Å². The topological polar surface area (TPSA) is 37.3 Å². The minimum atomic E-state index is -4.71. The number of benzene rings is 2. The summed E-state index contributed by atoms with van der Waals surface area (Å²) in [6.45, 7) is 1.95. The number of alkyl halides is 3. The number of nitrogens with zero attached hydrogens (tertiary/aromatic N) is 2. The summed E-state index contributed by atoms with van der Waals surface area (Å²) in [5, 5.41) is 4.28. The maximum absolute atomic E-state index is 14.6. The number of nitrogens with one attached hydrogen (secondary N) is 1. The Morgan fingerprint density at radius 3 is 2.39 bits per heavy atom. The van der Waals surface area contributed by atoms with Crippen LogP contribution in [0.1, 0.15) is 29.3 Å². The molecule has 2 heterocycles. The lowest BCUT2D eigenvalue weighted by Crippen LogP contribution is -2.48. The van der Waals surface area contributed by atoms with E-state index in [1.165, 1.54) is 18.0 Å². The Bertz CT molecular complexity index is 1150. The van der Waals surface area contributed by atoms with E-state index in [0.29, 0.717) is 22.0 Å².